The molecule has 0 amide bonds. The summed E-state index contributed by atoms with van der Waals surface area (Å²) in [7, 11) is 0. The van der Waals surface area contributed by atoms with Crippen molar-refractivity contribution in [1.29, 1.82) is 0 Å². The van der Waals surface area contributed by atoms with Crippen LogP contribution in [0.5, 0.6) is 0 Å². The first kappa shape index (κ1) is 39.9. The van der Waals surface area contributed by atoms with Crippen molar-refractivity contribution in [2.45, 2.75) is 161 Å². The fraction of sp³-hybridized carbons (Fsp3) is 0.730. The van der Waals surface area contributed by atoms with Crippen LogP contribution < -0.4 is 0 Å². The first-order valence-electron chi connectivity index (χ1n) is 17.2. The minimum atomic E-state index is -0.775. The number of unbranched alkanes of at least 4 members (excludes halogenated alkanes) is 14. The minimum Gasteiger partial charge on any atom is -0.462 e. The average molecular weight is 589 g/mol. The lowest BCUT2D eigenvalue weighted by Gasteiger charge is -2.15. The fourth-order valence-corrected chi connectivity index (χ4v) is 4.54. The molecule has 1 unspecified atom stereocenters. The molecule has 5 heteroatoms. The summed E-state index contributed by atoms with van der Waals surface area (Å²) in [6.45, 7) is 3.97. The number of carbonyl (C=O) groups excluding carboxylic acids is 2. The van der Waals surface area contributed by atoms with Crippen molar-refractivity contribution in [3.05, 3.63) is 48.6 Å². The van der Waals surface area contributed by atoms with E-state index in [1.165, 1.54) is 57.8 Å². The Morgan fingerprint density at radius 3 is 1.55 bits per heavy atom. The third kappa shape index (κ3) is 30.8. The normalized spacial score (nSPS) is 12.7. The van der Waals surface area contributed by atoms with Gasteiger partial charge in [-0.25, -0.2) is 0 Å². The first-order valence-corrected chi connectivity index (χ1v) is 17.2. The van der Waals surface area contributed by atoms with Gasteiger partial charge < -0.3 is 14.6 Å². The molecule has 0 aliphatic rings. The summed E-state index contributed by atoms with van der Waals surface area (Å²) >= 11 is 0. The molecule has 0 rings (SSSR count). The highest BCUT2D eigenvalue weighted by atomic mass is 16.6. The van der Waals surface area contributed by atoms with Crippen LogP contribution >= 0.6 is 0 Å². The number of allylic oxidation sites excluding steroid dienone is 8. The standard InChI is InChI=1S/C37H64O5/c1-3-5-7-9-11-13-14-15-16-17-18-19-20-21-22-24-26-28-30-32-37(40)42-35(33-38)34-41-36(39)31-29-27-25-23-12-10-8-6-4-2/h5,7,11,13,15-16,18-19,35,38H,3-4,6,8-10,12,14,17,20-34H2,1-2H3/b7-5-,13-11-,16-15-,19-18-. The van der Waals surface area contributed by atoms with Gasteiger partial charge in [0, 0.05) is 12.8 Å². The molecule has 0 aliphatic heterocycles. The molecule has 0 radical (unpaired) electrons. The molecule has 5 nitrogen and oxygen atoms in total. The highest BCUT2D eigenvalue weighted by molar-refractivity contribution is 5.70. The van der Waals surface area contributed by atoms with Crippen LogP contribution in [0.2, 0.25) is 0 Å². The van der Waals surface area contributed by atoms with Crippen LogP contribution in [0.15, 0.2) is 48.6 Å². The van der Waals surface area contributed by atoms with Gasteiger partial charge in [0.25, 0.3) is 0 Å². The van der Waals surface area contributed by atoms with E-state index in [4.69, 9.17) is 9.47 Å². The summed E-state index contributed by atoms with van der Waals surface area (Å²) in [5, 5.41) is 9.49. The van der Waals surface area contributed by atoms with E-state index < -0.39 is 6.10 Å². The molecule has 0 spiro atoms. The van der Waals surface area contributed by atoms with Crippen molar-refractivity contribution in [2.75, 3.05) is 13.2 Å². The van der Waals surface area contributed by atoms with Gasteiger partial charge in [0.2, 0.25) is 0 Å². The monoisotopic (exact) mass is 588 g/mol. The first-order chi connectivity index (χ1) is 20.6. The Morgan fingerprint density at radius 2 is 1.02 bits per heavy atom. The lowest BCUT2D eigenvalue weighted by atomic mass is 10.1. The number of aliphatic hydroxyl groups excluding tert-OH is 1. The maximum atomic E-state index is 12.1. The highest BCUT2D eigenvalue weighted by Gasteiger charge is 2.16. The van der Waals surface area contributed by atoms with E-state index in [1.54, 1.807) is 0 Å². The zero-order valence-electron chi connectivity index (χ0n) is 27.2. The van der Waals surface area contributed by atoms with Crippen LogP contribution in [-0.4, -0.2) is 36.4 Å². The van der Waals surface area contributed by atoms with E-state index in [2.05, 4.69) is 62.5 Å². The number of aliphatic hydroxyl groups is 1. The van der Waals surface area contributed by atoms with Crippen LogP contribution in [0.4, 0.5) is 0 Å². The molecular formula is C37H64O5. The number of esters is 2. The second-order valence-corrected chi connectivity index (χ2v) is 11.2. The molecule has 0 fully saturated rings. The predicted molar refractivity (Wildman–Crippen MR) is 177 cm³/mol. The molecule has 1 atom stereocenters. The summed E-state index contributed by atoms with van der Waals surface area (Å²) in [4.78, 5) is 24.1. The molecule has 0 saturated heterocycles. The second-order valence-electron chi connectivity index (χ2n) is 11.2. The molecule has 0 aliphatic carbocycles. The average Bonchev–Trinajstić information content (AvgIpc) is 2.99. The minimum absolute atomic E-state index is 0.0716. The van der Waals surface area contributed by atoms with Gasteiger partial charge in [0.05, 0.1) is 6.61 Å². The molecule has 42 heavy (non-hydrogen) atoms. The van der Waals surface area contributed by atoms with Gasteiger partial charge >= 0.3 is 11.9 Å². The van der Waals surface area contributed by atoms with E-state index in [0.717, 1.165) is 70.6 Å². The summed E-state index contributed by atoms with van der Waals surface area (Å²) in [6, 6.07) is 0. The van der Waals surface area contributed by atoms with Crippen LogP contribution in [0, 0.1) is 0 Å². The third-order valence-electron chi connectivity index (χ3n) is 7.14. The van der Waals surface area contributed by atoms with Crippen molar-refractivity contribution >= 4 is 11.9 Å². The lowest BCUT2D eigenvalue weighted by Crippen LogP contribution is -2.28. The van der Waals surface area contributed by atoms with Crippen molar-refractivity contribution in [1.82, 2.24) is 0 Å². The SMILES string of the molecule is CC/C=C\C/C=C\C/C=C\C/C=C\CCCCCCCCC(=O)OC(CO)COC(=O)CCCCCCCCCCC. The van der Waals surface area contributed by atoms with Crippen LogP contribution in [0.3, 0.4) is 0 Å². The van der Waals surface area contributed by atoms with Crippen molar-refractivity contribution < 1.29 is 24.2 Å². The molecule has 0 saturated carbocycles. The fourth-order valence-electron chi connectivity index (χ4n) is 4.54. The molecule has 0 aromatic rings. The molecule has 242 valence electrons. The Hall–Kier alpha value is -2.14. The Bertz CT molecular complexity index is 722. The van der Waals surface area contributed by atoms with Gasteiger partial charge in [-0.1, -0.05) is 140 Å². The van der Waals surface area contributed by atoms with Crippen molar-refractivity contribution in [3.8, 4) is 0 Å². The molecular weight excluding hydrogens is 524 g/mol. The molecule has 0 heterocycles. The largest absolute Gasteiger partial charge is 0.462 e. The Balaban J connectivity index is 3.62. The van der Waals surface area contributed by atoms with Gasteiger partial charge in [-0.3, -0.25) is 9.59 Å². The van der Waals surface area contributed by atoms with Gasteiger partial charge in [-0.05, 0) is 51.4 Å². The number of hydrogen-bond acceptors (Lipinski definition) is 5. The van der Waals surface area contributed by atoms with E-state index in [-0.39, 0.29) is 25.2 Å². The Labute approximate surface area is 258 Å². The summed E-state index contributed by atoms with van der Waals surface area (Å²) in [5.74, 6) is -0.613. The van der Waals surface area contributed by atoms with E-state index in [1.807, 2.05) is 0 Å². The predicted octanol–water partition coefficient (Wildman–Crippen LogP) is 10.3. The number of ether oxygens (including phenoxy) is 2. The van der Waals surface area contributed by atoms with E-state index in [9.17, 15) is 14.7 Å². The zero-order valence-corrected chi connectivity index (χ0v) is 27.2. The van der Waals surface area contributed by atoms with Crippen molar-refractivity contribution in [2.24, 2.45) is 0 Å². The van der Waals surface area contributed by atoms with Gasteiger partial charge in [-0.15, -0.1) is 0 Å². The van der Waals surface area contributed by atoms with Gasteiger partial charge in [-0.2, -0.15) is 0 Å². The van der Waals surface area contributed by atoms with Crippen LogP contribution in [0.1, 0.15) is 155 Å². The molecule has 0 aromatic heterocycles. The summed E-state index contributed by atoms with van der Waals surface area (Å²) in [5.41, 5.74) is 0. The number of hydrogen-bond donors (Lipinski definition) is 1. The van der Waals surface area contributed by atoms with E-state index >= 15 is 0 Å². The number of carbonyl (C=O) groups is 2. The van der Waals surface area contributed by atoms with Gasteiger partial charge in [0.15, 0.2) is 6.10 Å². The van der Waals surface area contributed by atoms with E-state index in [0.29, 0.717) is 12.8 Å². The van der Waals surface area contributed by atoms with Crippen LogP contribution in [0.25, 0.3) is 0 Å². The molecule has 0 aromatic carbocycles. The highest BCUT2D eigenvalue weighted by Crippen LogP contribution is 2.12. The smallest absolute Gasteiger partial charge is 0.306 e. The topological polar surface area (TPSA) is 72.8 Å². The van der Waals surface area contributed by atoms with Crippen molar-refractivity contribution in [3.63, 3.8) is 0 Å². The summed E-state index contributed by atoms with van der Waals surface area (Å²) < 4.78 is 10.5. The maximum absolute atomic E-state index is 12.1. The van der Waals surface area contributed by atoms with Gasteiger partial charge in [0.1, 0.15) is 6.61 Å². The molecule has 0 bridgehead atoms. The second kappa shape index (κ2) is 33.4. The zero-order chi connectivity index (χ0) is 30.8. The lowest BCUT2D eigenvalue weighted by molar-refractivity contribution is -0.161. The third-order valence-corrected chi connectivity index (χ3v) is 7.14. The Kier molecular flexibility index (Phi) is 31.7. The Morgan fingerprint density at radius 1 is 0.571 bits per heavy atom. The van der Waals surface area contributed by atoms with Crippen LogP contribution in [-0.2, 0) is 19.1 Å². The quantitative estimate of drug-likeness (QED) is 0.0513. The number of rotatable bonds is 30. The maximum Gasteiger partial charge on any atom is 0.306 e. The molecule has 1 N–H and O–H groups in total. The summed E-state index contributed by atoms with van der Waals surface area (Å²) in [6.07, 6.45) is 40.2.